The minimum atomic E-state index is 0.865. The van der Waals surface area contributed by atoms with Crippen LogP contribution >= 0.6 is 0 Å². The molecule has 0 amide bonds. The van der Waals surface area contributed by atoms with E-state index in [4.69, 9.17) is 14.4 Å². The molecule has 0 unspecified atom stereocenters. The van der Waals surface area contributed by atoms with Crippen LogP contribution in [0.1, 0.15) is 0 Å². The zero-order chi connectivity index (χ0) is 28.3. The lowest BCUT2D eigenvalue weighted by Crippen LogP contribution is -1.92. The highest BCUT2D eigenvalue weighted by atomic mass is 16.3. The van der Waals surface area contributed by atoms with Crippen LogP contribution in [-0.2, 0) is 0 Å². The monoisotopic (exact) mass is 548 g/mol. The fourth-order valence-electron chi connectivity index (χ4n) is 6.36. The van der Waals surface area contributed by atoms with Crippen molar-refractivity contribution in [1.29, 1.82) is 0 Å². The highest BCUT2D eigenvalue weighted by molar-refractivity contribution is 6.23. The standard InChI is InChI=1S/C40H24N2O/c1-2-8-25(9-3-1)28-18-20-37-34(22-28)35-23-29(19-21-38(35)43-37)26-14-16-27(17-15-26)36-24-41-39-32-12-6-4-10-30(32)31-11-5-7-13-33(31)40(39)42-36/h1-24H. The SMILES string of the molecule is c1ccc(-c2ccc3oc4ccc(-c5ccc(-c6cnc7c8ccccc8c8ccccc8c7n6)cc5)cc4c3c2)cc1. The number of benzene rings is 7. The molecule has 2 aromatic heterocycles. The summed E-state index contributed by atoms with van der Waals surface area (Å²) in [5.74, 6) is 0. The van der Waals surface area contributed by atoms with Crippen LogP contribution in [0.25, 0.3) is 88.0 Å². The predicted molar refractivity (Wildman–Crippen MR) is 178 cm³/mol. The van der Waals surface area contributed by atoms with Crippen molar-refractivity contribution in [3.05, 3.63) is 146 Å². The van der Waals surface area contributed by atoms with Crippen molar-refractivity contribution in [3.8, 4) is 33.5 Å². The number of hydrogen-bond acceptors (Lipinski definition) is 3. The summed E-state index contributed by atoms with van der Waals surface area (Å²) < 4.78 is 6.19. The van der Waals surface area contributed by atoms with E-state index in [9.17, 15) is 0 Å². The van der Waals surface area contributed by atoms with Crippen LogP contribution in [0.5, 0.6) is 0 Å². The number of furan rings is 1. The van der Waals surface area contributed by atoms with Gasteiger partial charge in [-0.3, -0.25) is 4.98 Å². The summed E-state index contributed by atoms with van der Waals surface area (Å²) in [5.41, 5.74) is 10.2. The van der Waals surface area contributed by atoms with E-state index in [2.05, 4.69) is 133 Å². The van der Waals surface area contributed by atoms with Gasteiger partial charge in [0.05, 0.1) is 22.9 Å². The number of fused-ring (bicyclic) bond motifs is 9. The third-order valence-electron chi connectivity index (χ3n) is 8.52. The van der Waals surface area contributed by atoms with Gasteiger partial charge in [0.1, 0.15) is 11.2 Å². The Bertz CT molecular complexity index is 2460. The topological polar surface area (TPSA) is 38.9 Å². The third-order valence-corrected chi connectivity index (χ3v) is 8.52. The van der Waals surface area contributed by atoms with E-state index in [0.717, 1.165) is 66.1 Å². The third kappa shape index (κ3) is 3.83. The maximum absolute atomic E-state index is 6.19. The first-order valence-electron chi connectivity index (χ1n) is 14.5. The normalized spacial score (nSPS) is 11.7. The van der Waals surface area contributed by atoms with Gasteiger partial charge < -0.3 is 4.42 Å². The van der Waals surface area contributed by atoms with Crippen LogP contribution in [0, 0.1) is 0 Å². The lowest BCUT2D eigenvalue weighted by molar-refractivity contribution is 0.669. The number of rotatable bonds is 3. The smallest absolute Gasteiger partial charge is 0.135 e. The average Bonchev–Trinajstić information content (AvgIpc) is 3.46. The van der Waals surface area contributed by atoms with Crippen molar-refractivity contribution in [1.82, 2.24) is 9.97 Å². The summed E-state index contributed by atoms with van der Waals surface area (Å²) in [4.78, 5) is 10.1. The average molecular weight is 549 g/mol. The fraction of sp³-hybridized carbons (Fsp3) is 0. The number of aromatic nitrogens is 2. The Balaban J connectivity index is 1.12. The Hall–Kier alpha value is -5.80. The Morgan fingerprint density at radius 1 is 0.372 bits per heavy atom. The summed E-state index contributed by atoms with van der Waals surface area (Å²) in [5, 5.41) is 6.90. The molecule has 0 saturated heterocycles. The van der Waals surface area contributed by atoms with Gasteiger partial charge in [-0.05, 0) is 57.3 Å². The highest BCUT2D eigenvalue weighted by Crippen LogP contribution is 2.37. The molecule has 0 bridgehead atoms. The molecule has 43 heavy (non-hydrogen) atoms. The van der Waals surface area contributed by atoms with Crippen molar-refractivity contribution in [2.45, 2.75) is 0 Å². The van der Waals surface area contributed by atoms with E-state index in [-0.39, 0.29) is 0 Å². The van der Waals surface area contributed by atoms with Crippen molar-refractivity contribution in [3.63, 3.8) is 0 Å². The van der Waals surface area contributed by atoms with Crippen molar-refractivity contribution in [2.75, 3.05) is 0 Å². The summed E-state index contributed by atoms with van der Waals surface area (Å²) in [6.45, 7) is 0. The summed E-state index contributed by atoms with van der Waals surface area (Å²) in [6.07, 6.45) is 1.90. The zero-order valence-electron chi connectivity index (χ0n) is 23.2. The quantitative estimate of drug-likeness (QED) is 0.206. The highest BCUT2D eigenvalue weighted by Gasteiger charge is 2.13. The van der Waals surface area contributed by atoms with Gasteiger partial charge in [0.25, 0.3) is 0 Å². The Morgan fingerprint density at radius 2 is 0.860 bits per heavy atom. The first kappa shape index (κ1) is 23.9. The largest absolute Gasteiger partial charge is 0.456 e. The van der Waals surface area contributed by atoms with Gasteiger partial charge in [0, 0.05) is 27.1 Å². The molecule has 0 aliphatic carbocycles. The number of nitrogens with zero attached hydrogens (tertiary/aromatic N) is 2. The molecule has 3 nitrogen and oxygen atoms in total. The van der Waals surface area contributed by atoms with Crippen LogP contribution in [0.4, 0.5) is 0 Å². The van der Waals surface area contributed by atoms with E-state index in [1.165, 1.54) is 21.9 Å². The predicted octanol–water partition coefficient (Wildman–Crippen LogP) is 10.8. The maximum Gasteiger partial charge on any atom is 0.135 e. The van der Waals surface area contributed by atoms with Crippen molar-refractivity contribution >= 4 is 54.5 Å². The van der Waals surface area contributed by atoms with Gasteiger partial charge in [-0.15, -0.1) is 0 Å². The summed E-state index contributed by atoms with van der Waals surface area (Å²) >= 11 is 0. The molecule has 0 N–H and O–H groups in total. The van der Waals surface area contributed by atoms with E-state index >= 15 is 0 Å². The van der Waals surface area contributed by atoms with Crippen molar-refractivity contribution < 1.29 is 4.42 Å². The first-order valence-corrected chi connectivity index (χ1v) is 14.5. The molecule has 9 aromatic rings. The lowest BCUT2D eigenvalue weighted by Gasteiger charge is -2.10. The first-order chi connectivity index (χ1) is 21.3. The minimum Gasteiger partial charge on any atom is -0.456 e. The van der Waals surface area contributed by atoms with Crippen LogP contribution in [-0.4, -0.2) is 9.97 Å². The molecule has 200 valence electrons. The molecule has 2 heterocycles. The van der Waals surface area contributed by atoms with Crippen LogP contribution in [0.2, 0.25) is 0 Å². The van der Waals surface area contributed by atoms with Gasteiger partial charge >= 0.3 is 0 Å². The molecular weight excluding hydrogens is 524 g/mol. The molecule has 3 heteroatoms. The second-order valence-electron chi connectivity index (χ2n) is 11.0. The van der Waals surface area contributed by atoms with Crippen LogP contribution in [0.15, 0.2) is 150 Å². The van der Waals surface area contributed by atoms with Gasteiger partial charge in [-0.1, -0.05) is 115 Å². The van der Waals surface area contributed by atoms with E-state index in [1.807, 2.05) is 12.3 Å². The van der Waals surface area contributed by atoms with Crippen molar-refractivity contribution in [2.24, 2.45) is 0 Å². The second kappa shape index (κ2) is 9.37. The van der Waals surface area contributed by atoms with Gasteiger partial charge in [-0.25, -0.2) is 4.98 Å². The van der Waals surface area contributed by atoms with Gasteiger partial charge in [0.2, 0.25) is 0 Å². The molecule has 0 aliphatic rings. The van der Waals surface area contributed by atoms with Crippen LogP contribution < -0.4 is 0 Å². The molecule has 0 saturated carbocycles. The lowest BCUT2D eigenvalue weighted by atomic mass is 9.98. The molecule has 0 aliphatic heterocycles. The van der Waals surface area contributed by atoms with Crippen LogP contribution in [0.3, 0.4) is 0 Å². The zero-order valence-corrected chi connectivity index (χ0v) is 23.2. The molecule has 9 rings (SSSR count). The van der Waals surface area contributed by atoms with Gasteiger partial charge in [-0.2, -0.15) is 0 Å². The van der Waals surface area contributed by atoms with Gasteiger partial charge in [0.15, 0.2) is 0 Å². The Kier molecular flexibility index (Phi) is 5.20. The number of hydrogen-bond donors (Lipinski definition) is 0. The molecule has 0 spiro atoms. The molecular formula is C40H24N2O. The summed E-state index contributed by atoms with van der Waals surface area (Å²) in [6, 6.07) is 48.9. The molecule has 0 fully saturated rings. The fourth-order valence-corrected chi connectivity index (χ4v) is 6.36. The maximum atomic E-state index is 6.19. The van der Waals surface area contributed by atoms with E-state index in [1.54, 1.807) is 0 Å². The van der Waals surface area contributed by atoms with E-state index in [0.29, 0.717) is 0 Å². The van der Waals surface area contributed by atoms with E-state index < -0.39 is 0 Å². The summed E-state index contributed by atoms with van der Waals surface area (Å²) in [7, 11) is 0. The molecule has 7 aromatic carbocycles. The second-order valence-corrected chi connectivity index (χ2v) is 11.0. The minimum absolute atomic E-state index is 0.865. The Morgan fingerprint density at radius 3 is 1.49 bits per heavy atom. The molecule has 0 atom stereocenters. The molecule has 0 radical (unpaired) electrons. The Labute approximate surface area is 247 Å².